The maximum atomic E-state index is 11.5. The van der Waals surface area contributed by atoms with Crippen LogP contribution in [0.5, 0.6) is 0 Å². The van der Waals surface area contributed by atoms with Gasteiger partial charge in [-0.2, -0.15) is 0 Å². The molecular formula is C14H22O2. The first-order chi connectivity index (χ1) is 7.24. The number of fused-ring (bicyclic) bond motifs is 1. The van der Waals surface area contributed by atoms with Gasteiger partial charge in [-0.1, -0.05) is 34.6 Å². The predicted octanol–water partition coefficient (Wildman–Crippen LogP) is 3.53. The average molecular weight is 222 g/mol. The Morgan fingerprint density at radius 3 is 2.62 bits per heavy atom. The minimum Gasteiger partial charge on any atom is -0.431 e. The van der Waals surface area contributed by atoms with Gasteiger partial charge in [-0.05, 0) is 29.7 Å². The van der Waals surface area contributed by atoms with Crippen LogP contribution in [0.25, 0.3) is 0 Å². The van der Waals surface area contributed by atoms with Crippen LogP contribution in [0.2, 0.25) is 0 Å². The lowest BCUT2D eigenvalue weighted by Gasteiger charge is -2.43. The average Bonchev–Trinajstić information content (AvgIpc) is 2.40. The van der Waals surface area contributed by atoms with E-state index in [-0.39, 0.29) is 22.7 Å². The molecule has 0 aromatic rings. The van der Waals surface area contributed by atoms with Crippen molar-refractivity contribution in [2.24, 2.45) is 22.7 Å². The van der Waals surface area contributed by atoms with Crippen LogP contribution in [-0.4, -0.2) is 5.97 Å². The molecule has 1 saturated heterocycles. The van der Waals surface area contributed by atoms with Crippen molar-refractivity contribution in [3.8, 4) is 0 Å². The van der Waals surface area contributed by atoms with Crippen molar-refractivity contribution in [1.82, 2.24) is 0 Å². The van der Waals surface area contributed by atoms with Gasteiger partial charge in [0, 0.05) is 5.92 Å². The molecule has 3 unspecified atom stereocenters. The van der Waals surface area contributed by atoms with Crippen molar-refractivity contribution in [3.63, 3.8) is 0 Å². The van der Waals surface area contributed by atoms with E-state index in [1.54, 1.807) is 0 Å². The van der Waals surface area contributed by atoms with Gasteiger partial charge in [0.15, 0.2) is 0 Å². The fourth-order valence-electron chi connectivity index (χ4n) is 2.66. The molecule has 1 aliphatic heterocycles. The van der Waals surface area contributed by atoms with E-state index < -0.39 is 0 Å². The third-order valence-electron chi connectivity index (χ3n) is 4.71. The molecule has 0 bridgehead atoms. The third kappa shape index (κ3) is 1.59. The molecule has 16 heavy (non-hydrogen) atoms. The summed E-state index contributed by atoms with van der Waals surface area (Å²) < 4.78 is 5.39. The molecular weight excluding hydrogens is 200 g/mol. The van der Waals surface area contributed by atoms with Gasteiger partial charge in [-0.15, -0.1) is 0 Å². The van der Waals surface area contributed by atoms with E-state index in [2.05, 4.69) is 33.8 Å². The van der Waals surface area contributed by atoms with E-state index in [0.717, 1.165) is 18.6 Å². The molecule has 0 aromatic carbocycles. The van der Waals surface area contributed by atoms with Crippen LogP contribution in [0.1, 0.15) is 47.5 Å². The SMILES string of the molecule is CC1C(=O)OC2=CC(C)(C(C)(C)C)CCC21. The molecule has 90 valence electrons. The highest BCUT2D eigenvalue weighted by molar-refractivity contribution is 5.77. The normalized spacial score (nSPS) is 39.1. The Bertz CT molecular complexity index is 348. The van der Waals surface area contributed by atoms with E-state index in [1.165, 1.54) is 0 Å². The van der Waals surface area contributed by atoms with E-state index in [4.69, 9.17) is 4.74 Å². The van der Waals surface area contributed by atoms with Gasteiger partial charge >= 0.3 is 5.97 Å². The first-order valence-electron chi connectivity index (χ1n) is 6.19. The van der Waals surface area contributed by atoms with Gasteiger partial charge in [0.05, 0.1) is 5.92 Å². The number of esters is 1. The first kappa shape index (κ1) is 11.7. The number of hydrogen-bond donors (Lipinski definition) is 0. The standard InChI is InChI=1S/C14H22O2/c1-9-10-6-7-14(5,13(2,3)4)8-11(10)16-12(9)15/h8-10H,6-7H2,1-5H3. The number of allylic oxidation sites excluding steroid dienone is 2. The summed E-state index contributed by atoms with van der Waals surface area (Å²) in [5.74, 6) is 1.27. The van der Waals surface area contributed by atoms with Gasteiger partial charge in [0.25, 0.3) is 0 Å². The second-order valence-corrected chi connectivity index (χ2v) is 6.57. The van der Waals surface area contributed by atoms with Crippen LogP contribution < -0.4 is 0 Å². The number of carbonyl (C=O) groups is 1. The lowest BCUT2D eigenvalue weighted by atomic mass is 9.61. The Balaban J connectivity index is 2.33. The second-order valence-electron chi connectivity index (χ2n) is 6.57. The summed E-state index contributed by atoms with van der Waals surface area (Å²) in [7, 11) is 0. The molecule has 1 fully saturated rings. The predicted molar refractivity (Wildman–Crippen MR) is 63.6 cm³/mol. The number of ether oxygens (including phenoxy) is 1. The Kier molecular flexibility index (Phi) is 2.45. The zero-order valence-corrected chi connectivity index (χ0v) is 11.0. The molecule has 2 nitrogen and oxygen atoms in total. The molecule has 0 amide bonds. The molecule has 0 radical (unpaired) electrons. The van der Waals surface area contributed by atoms with Crippen molar-refractivity contribution >= 4 is 5.97 Å². The Morgan fingerprint density at radius 2 is 2.06 bits per heavy atom. The number of rotatable bonds is 0. The lowest BCUT2D eigenvalue weighted by molar-refractivity contribution is -0.138. The van der Waals surface area contributed by atoms with Crippen molar-refractivity contribution in [3.05, 3.63) is 11.8 Å². The zero-order chi connectivity index (χ0) is 12.1. The van der Waals surface area contributed by atoms with Gasteiger partial charge in [-0.3, -0.25) is 4.79 Å². The van der Waals surface area contributed by atoms with Crippen LogP contribution in [0.15, 0.2) is 11.8 Å². The highest BCUT2D eigenvalue weighted by Crippen LogP contribution is 2.52. The van der Waals surface area contributed by atoms with Gasteiger partial charge in [-0.25, -0.2) is 0 Å². The Hall–Kier alpha value is -0.790. The summed E-state index contributed by atoms with van der Waals surface area (Å²) in [6.07, 6.45) is 4.43. The molecule has 1 aliphatic carbocycles. The fourth-order valence-corrected chi connectivity index (χ4v) is 2.66. The van der Waals surface area contributed by atoms with Crippen LogP contribution in [0, 0.1) is 22.7 Å². The van der Waals surface area contributed by atoms with Crippen LogP contribution in [-0.2, 0) is 9.53 Å². The summed E-state index contributed by atoms with van der Waals surface area (Å²) in [5.41, 5.74) is 0.354. The quantitative estimate of drug-likeness (QED) is 0.586. The monoisotopic (exact) mass is 222 g/mol. The van der Waals surface area contributed by atoms with Crippen LogP contribution >= 0.6 is 0 Å². The lowest BCUT2D eigenvalue weighted by Crippen LogP contribution is -2.35. The van der Waals surface area contributed by atoms with Crippen molar-refractivity contribution in [1.29, 1.82) is 0 Å². The molecule has 2 aliphatic rings. The van der Waals surface area contributed by atoms with Crippen LogP contribution in [0.4, 0.5) is 0 Å². The van der Waals surface area contributed by atoms with Gasteiger partial charge in [0.2, 0.25) is 0 Å². The third-order valence-corrected chi connectivity index (χ3v) is 4.71. The maximum absolute atomic E-state index is 11.5. The fraction of sp³-hybridized carbons (Fsp3) is 0.786. The van der Waals surface area contributed by atoms with Crippen molar-refractivity contribution in [2.75, 3.05) is 0 Å². The molecule has 1 heterocycles. The maximum Gasteiger partial charge on any atom is 0.314 e. The molecule has 0 N–H and O–H groups in total. The van der Waals surface area contributed by atoms with E-state index in [1.807, 2.05) is 6.92 Å². The largest absolute Gasteiger partial charge is 0.431 e. The summed E-state index contributed by atoms with van der Waals surface area (Å²) in [6, 6.07) is 0. The first-order valence-corrected chi connectivity index (χ1v) is 6.19. The summed E-state index contributed by atoms with van der Waals surface area (Å²) in [4.78, 5) is 11.5. The Labute approximate surface area is 98.1 Å². The van der Waals surface area contributed by atoms with E-state index in [9.17, 15) is 4.79 Å². The zero-order valence-electron chi connectivity index (χ0n) is 11.0. The molecule has 0 aromatic heterocycles. The van der Waals surface area contributed by atoms with Crippen molar-refractivity contribution < 1.29 is 9.53 Å². The summed E-state index contributed by atoms with van der Waals surface area (Å²) >= 11 is 0. The van der Waals surface area contributed by atoms with E-state index in [0.29, 0.717) is 5.92 Å². The molecule has 0 saturated carbocycles. The number of carbonyl (C=O) groups excluding carboxylic acids is 1. The summed E-state index contributed by atoms with van der Waals surface area (Å²) in [6.45, 7) is 11.0. The molecule has 2 rings (SSSR count). The molecule has 0 spiro atoms. The Morgan fingerprint density at radius 1 is 1.44 bits per heavy atom. The number of hydrogen-bond acceptors (Lipinski definition) is 2. The molecule has 2 heteroatoms. The highest BCUT2D eigenvalue weighted by atomic mass is 16.5. The van der Waals surface area contributed by atoms with E-state index >= 15 is 0 Å². The summed E-state index contributed by atoms with van der Waals surface area (Å²) in [5, 5.41) is 0. The van der Waals surface area contributed by atoms with Crippen molar-refractivity contribution in [2.45, 2.75) is 47.5 Å². The second kappa shape index (κ2) is 3.35. The molecule has 3 atom stereocenters. The minimum absolute atomic E-state index is 0.0468. The van der Waals surface area contributed by atoms with Gasteiger partial charge < -0.3 is 4.74 Å². The topological polar surface area (TPSA) is 26.3 Å². The minimum atomic E-state index is -0.0468. The van der Waals surface area contributed by atoms with Crippen LogP contribution in [0.3, 0.4) is 0 Å². The highest BCUT2D eigenvalue weighted by Gasteiger charge is 2.46. The smallest absolute Gasteiger partial charge is 0.314 e. The van der Waals surface area contributed by atoms with Gasteiger partial charge in [0.1, 0.15) is 5.76 Å².